The highest BCUT2D eigenvalue weighted by Gasteiger charge is 2.41. The lowest BCUT2D eigenvalue weighted by Gasteiger charge is -2.27. The lowest BCUT2D eigenvalue weighted by atomic mass is 10.0. The van der Waals surface area contributed by atoms with Crippen molar-refractivity contribution in [3.05, 3.63) is 28.7 Å². The molecule has 29 heavy (non-hydrogen) atoms. The molecule has 1 aromatic heterocycles. The molecule has 0 aromatic carbocycles. The second-order valence-electron chi connectivity index (χ2n) is 7.49. The summed E-state index contributed by atoms with van der Waals surface area (Å²) in [6.45, 7) is 9.29. The summed E-state index contributed by atoms with van der Waals surface area (Å²) in [6.07, 6.45) is 0.571. The molecule has 3 atom stereocenters. The smallest absolute Gasteiger partial charge is 0.329 e. The van der Waals surface area contributed by atoms with Gasteiger partial charge in [0.05, 0.1) is 13.0 Å². The van der Waals surface area contributed by atoms with Crippen molar-refractivity contribution < 1.29 is 19.1 Å². The Kier molecular flexibility index (Phi) is 6.42. The number of carbonyl (C=O) groups excluding carboxylic acids is 3. The van der Waals surface area contributed by atoms with Crippen LogP contribution in [0, 0.1) is 5.92 Å². The summed E-state index contributed by atoms with van der Waals surface area (Å²) in [7, 11) is 0. The fourth-order valence-electron chi connectivity index (χ4n) is 2.85. The molecule has 2 aliphatic heterocycles. The van der Waals surface area contributed by atoms with Gasteiger partial charge in [0, 0.05) is 11.1 Å². The molecule has 4 bridgehead atoms. The molecule has 3 rings (SSSR count). The Hall–Kier alpha value is -2.20. The number of thiazole rings is 1. The highest BCUT2D eigenvalue weighted by atomic mass is 32.2. The molecule has 0 radical (unpaired) electrons. The van der Waals surface area contributed by atoms with Crippen molar-refractivity contribution in [1.82, 2.24) is 15.6 Å². The maximum Gasteiger partial charge on any atom is 0.329 e. The zero-order valence-corrected chi connectivity index (χ0v) is 18.2. The van der Waals surface area contributed by atoms with E-state index >= 15 is 0 Å². The predicted octanol–water partition coefficient (Wildman–Crippen LogP) is 1.65. The number of hydrogen-bond donors (Lipinski definition) is 2. The van der Waals surface area contributed by atoms with E-state index in [4.69, 9.17) is 4.74 Å². The summed E-state index contributed by atoms with van der Waals surface area (Å²) in [6, 6.07) is -0.854. The molecule has 0 saturated heterocycles. The van der Waals surface area contributed by atoms with Gasteiger partial charge in [-0.15, -0.1) is 23.1 Å². The Morgan fingerprint density at radius 3 is 2.83 bits per heavy atom. The maximum absolute atomic E-state index is 13.0. The third-order valence-corrected chi connectivity index (χ3v) is 6.79. The number of fused-ring (bicyclic) bond motifs is 4. The van der Waals surface area contributed by atoms with Crippen LogP contribution < -0.4 is 10.6 Å². The normalized spacial score (nSPS) is 28.4. The van der Waals surface area contributed by atoms with Crippen molar-refractivity contribution >= 4 is 45.9 Å². The summed E-state index contributed by atoms with van der Waals surface area (Å²) < 4.78 is 5.45. The lowest BCUT2D eigenvalue weighted by molar-refractivity contribution is -0.153. The number of ether oxygens (including phenoxy) is 1. The molecule has 0 aliphatic carbocycles. The highest BCUT2D eigenvalue weighted by molar-refractivity contribution is 8.14. The average Bonchev–Trinajstić information content (AvgIpc) is 3.30. The molecular weight excluding hydrogens is 412 g/mol. The number of thioether (sulfide) groups is 1. The van der Waals surface area contributed by atoms with E-state index in [1.807, 2.05) is 19.2 Å². The van der Waals surface area contributed by atoms with Crippen molar-refractivity contribution in [3.8, 4) is 0 Å². The van der Waals surface area contributed by atoms with Gasteiger partial charge in [0.1, 0.15) is 33.4 Å². The first-order chi connectivity index (χ1) is 13.7. The van der Waals surface area contributed by atoms with E-state index in [1.165, 1.54) is 29.2 Å². The summed E-state index contributed by atoms with van der Waals surface area (Å²) >= 11 is 2.87. The molecule has 0 fully saturated rings. The second-order valence-corrected chi connectivity index (χ2v) is 9.40. The lowest BCUT2D eigenvalue weighted by Crippen LogP contribution is -2.53. The maximum atomic E-state index is 13.0. The molecule has 156 valence electrons. The van der Waals surface area contributed by atoms with Gasteiger partial charge in [-0.1, -0.05) is 26.5 Å². The van der Waals surface area contributed by atoms with Crippen LogP contribution >= 0.6 is 23.1 Å². The first kappa shape index (κ1) is 21.5. The number of rotatable bonds is 2. The van der Waals surface area contributed by atoms with Gasteiger partial charge in [0.15, 0.2) is 0 Å². The quantitative estimate of drug-likeness (QED) is 0.539. The Morgan fingerprint density at radius 1 is 1.38 bits per heavy atom. The van der Waals surface area contributed by atoms with Crippen LogP contribution in [0.2, 0.25) is 0 Å². The van der Waals surface area contributed by atoms with Crippen LogP contribution in [-0.2, 0) is 25.7 Å². The number of nitrogens with one attached hydrogen (secondary N) is 2. The third kappa shape index (κ3) is 4.87. The molecule has 0 unspecified atom stereocenters. The summed E-state index contributed by atoms with van der Waals surface area (Å²) in [4.78, 5) is 47.0. The van der Waals surface area contributed by atoms with E-state index in [2.05, 4.69) is 27.2 Å². The number of hydrogen-bond acceptors (Lipinski definition) is 8. The van der Waals surface area contributed by atoms with Crippen molar-refractivity contribution in [2.75, 3.05) is 5.75 Å². The number of nitrogens with zero attached hydrogens (tertiary/aromatic N) is 2. The minimum absolute atomic E-state index is 0.0491. The monoisotopic (exact) mass is 436 g/mol. The minimum atomic E-state index is -1.000. The third-order valence-electron chi connectivity index (χ3n) is 4.66. The Labute approximate surface area is 177 Å². The first-order valence-corrected chi connectivity index (χ1v) is 11.2. The zero-order valence-electron chi connectivity index (χ0n) is 16.6. The van der Waals surface area contributed by atoms with Crippen LogP contribution in [0.3, 0.4) is 0 Å². The van der Waals surface area contributed by atoms with Crippen LogP contribution in [0.1, 0.15) is 37.9 Å². The first-order valence-electron chi connectivity index (χ1n) is 9.30. The minimum Gasteiger partial charge on any atom is -0.456 e. The van der Waals surface area contributed by atoms with Gasteiger partial charge in [-0.2, -0.15) is 0 Å². The molecule has 1 aromatic rings. The van der Waals surface area contributed by atoms with E-state index in [1.54, 1.807) is 6.92 Å². The molecule has 2 aliphatic rings. The van der Waals surface area contributed by atoms with E-state index in [0.29, 0.717) is 16.5 Å². The van der Waals surface area contributed by atoms with Gasteiger partial charge in [-0.05, 0) is 12.8 Å². The fourth-order valence-corrected chi connectivity index (χ4v) is 4.78. The second kappa shape index (κ2) is 8.66. The molecule has 2 amide bonds. The van der Waals surface area contributed by atoms with Crippen molar-refractivity contribution in [2.45, 2.75) is 51.4 Å². The van der Waals surface area contributed by atoms with E-state index in [9.17, 15) is 14.4 Å². The number of carbonyl (C=O) groups is 3. The fraction of sp³-hybridized carbons (Fsp3) is 0.526. The van der Waals surface area contributed by atoms with Crippen molar-refractivity contribution in [1.29, 1.82) is 0 Å². The number of esters is 1. The summed E-state index contributed by atoms with van der Waals surface area (Å²) in [5, 5.41) is 8.85. The molecule has 0 spiro atoms. The van der Waals surface area contributed by atoms with Crippen molar-refractivity contribution in [3.63, 3.8) is 0 Å². The van der Waals surface area contributed by atoms with Gasteiger partial charge in [-0.3, -0.25) is 14.6 Å². The SMILES string of the molecule is C=C[C@@H]1CC(=O)NCc2nc(cs2)C2=N[C@@](C)(CS2)C(=O)N[C@@H](C(C)C)C(=O)O1. The van der Waals surface area contributed by atoms with Crippen LogP contribution in [0.4, 0.5) is 0 Å². The van der Waals surface area contributed by atoms with Crippen LogP contribution in [0.5, 0.6) is 0 Å². The number of cyclic esters (lactones) is 1. The Balaban J connectivity index is 1.94. The van der Waals surface area contributed by atoms with Crippen LogP contribution in [0.25, 0.3) is 0 Å². The average molecular weight is 437 g/mol. The van der Waals surface area contributed by atoms with E-state index in [-0.39, 0.29) is 30.7 Å². The zero-order chi connectivity index (χ0) is 21.2. The summed E-state index contributed by atoms with van der Waals surface area (Å²) in [5.74, 6) is -0.971. The molecule has 10 heteroatoms. The molecule has 3 heterocycles. The van der Waals surface area contributed by atoms with Gasteiger partial charge < -0.3 is 15.4 Å². The predicted molar refractivity (Wildman–Crippen MR) is 113 cm³/mol. The van der Waals surface area contributed by atoms with Gasteiger partial charge >= 0.3 is 5.97 Å². The summed E-state index contributed by atoms with van der Waals surface area (Å²) in [5.41, 5.74) is -0.308. The number of aliphatic imine (C=N–C) groups is 1. The highest BCUT2D eigenvalue weighted by Crippen LogP contribution is 2.32. The number of amides is 2. The van der Waals surface area contributed by atoms with Crippen LogP contribution in [-0.4, -0.2) is 51.2 Å². The Bertz CT molecular complexity index is 866. The topological polar surface area (TPSA) is 110 Å². The molecular formula is C19H24N4O4S2. The standard InChI is InChI=1S/C19H24N4O4S2/c1-5-11-6-13(24)20-7-14-21-12(8-28-14)16-23-19(4,9-29-16)18(26)22-15(10(2)3)17(25)27-11/h5,8,10-11,15H,1,6-7,9H2,2-4H3,(H,20,24)(H,22,26)/t11-,15+,19+/m1/s1. The number of aromatic nitrogens is 1. The molecule has 0 saturated carbocycles. The Morgan fingerprint density at radius 2 is 2.14 bits per heavy atom. The van der Waals surface area contributed by atoms with Gasteiger partial charge in [0.2, 0.25) is 11.8 Å². The van der Waals surface area contributed by atoms with E-state index < -0.39 is 23.7 Å². The van der Waals surface area contributed by atoms with Gasteiger partial charge in [-0.25, -0.2) is 9.78 Å². The van der Waals surface area contributed by atoms with Gasteiger partial charge in [0.25, 0.3) is 0 Å². The molecule has 8 nitrogen and oxygen atoms in total. The van der Waals surface area contributed by atoms with Crippen LogP contribution in [0.15, 0.2) is 23.0 Å². The van der Waals surface area contributed by atoms with E-state index in [0.717, 1.165) is 5.01 Å². The molecule has 2 N–H and O–H groups in total. The van der Waals surface area contributed by atoms with Crippen molar-refractivity contribution in [2.24, 2.45) is 10.9 Å². The largest absolute Gasteiger partial charge is 0.456 e.